The number of aromatic nitrogens is 3. The van der Waals surface area contributed by atoms with Crippen molar-refractivity contribution in [3.63, 3.8) is 0 Å². The largest absolute Gasteiger partial charge is 0.486 e. The number of hydrogen-bond acceptors (Lipinski definition) is 9. The number of nitrogens with two attached hydrogens (primary N) is 1. The lowest BCUT2D eigenvalue weighted by Crippen LogP contribution is -2.48. The summed E-state index contributed by atoms with van der Waals surface area (Å²) in [5.74, 6) is 1.88. The van der Waals surface area contributed by atoms with Crippen LogP contribution < -0.4 is 30.8 Å². The average molecular weight is 468 g/mol. The van der Waals surface area contributed by atoms with E-state index in [1.54, 1.807) is 30.0 Å². The van der Waals surface area contributed by atoms with Crippen molar-refractivity contribution in [1.82, 2.24) is 19.9 Å². The molecule has 10 heteroatoms. The number of pyridine rings is 3. The summed E-state index contributed by atoms with van der Waals surface area (Å²) in [4.78, 5) is 21.5. The van der Waals surface area contributed by atoms with Gasteiger partial charge in [-0.2, -0.15) is 4.98 Å². The monoisotopic (exact) mass is 467 g/mol. The van der Waals surface area contributed by atoms with Crippen LogP contribution in [0.2, 0.25) is 0 Å². The molecule has 0 spiro atoms. The maximum Gasteiger partial charge on any atom is 0.252 e. The molecule has 0 aliphatic carbocycles. The molecule has 3 atom stereocenters. The van der Waals surface area contributed by atoms with Crippen LogP contribution >= 0.6 is 0 Å². The molecule has 0 radical (unpaired) electrons. The Bertz CT molecular complexity index is 1210. The highest BCUT2D eigenvalue weighted by molar-refractivity contribution is 5.75. The van der Waals surface area contributed by atoms with Crippen molar-refractivity contribution in [3.05, 3.63) is 52.6 Å². The Morgan fingerprint density at radius 2 is 2.03 bits per heavy atom. The predicted molar refractivity (Wildman–Crippen MR) is 125 cm³/mol. The second-order valence-corrected chi connectivity index (χ2v) is 8.56. The van der Waals surface area contributed by atoms with Crippen LogP contribution in [0.25, 0.3) is 11.0 Å². The highest BCUT2D eigenvalue weighted by Crippen LogP contribution is 2.29. The Hall–Kier alpha value is -3.21. The molecule has 10 nitrogen and oxygen atoms in total. The molecule has 5 heterocycles. The number of nitrogens with zero attached hydrogens (tertiary/aromatic N) is 3. The van der Waals surface area contributed by atoms with Gasteiger partial charge in [0.15, 0.2) is 11.5 Å². The quantitative estimate of drug-likeness (QED) is 0.528. The molecule has 0 aromatic carbocycles. The van der Waals surface area contributed by atoms with Crippen LogP contribution in [-0.4, -0.2) is 59.7 Å². The van der Waals surface area contributed by atoms with Crippen LogP contribution in [0.15, 0.2) is 41.3 Å². The Kier molecular flexibility index (Phi) is 6.61. The van der Waals surface area contributed by atoms with Gasteiger partial charge < -0.3 is 30.0 Å². The fourth-order valence-electron chi connectivity index (χ4n) is 4.37. The van der Waals surface area contributed by atoms with E-state index in [0.29, 0.717) is 50.2 Å². The highest BCUT2D eigenvalue weighted by atomic mass is 16.6. The summed E-state index contributed by atoms with van der Waals surface area (Å²) < 4.78 is 24.1. The van der Waals surface area contributed by atoms with Crippen LogP contribution in [0.1, 0.15) is 18.5 Å². The average Bonchev–Trinajstić information content (AvgIpc) is 2.89. The first kappa shape index (κ1) is 22.6. The SMILES string of the molecule is COc1ccc2ccc(=O)n(CC(N)[C@@H]3CC[C@@H](NCc4cc5c(cn4)OCCO5)CO3)c2n1. The Labute approximate surface area is 197 Å². The zero-order chi connectivity index (χ0) is 23.5. The topological polar surface area (TPSA) is 123 Å². The van der Waals surface area contributed by atoms with Crippen LogP contribution in [0.3, 0.4) is 0 Å². The summed E-state index contributed by atoms with van der Waals surface area (Å²) in [6.07, 6.45) is 3.28. The van der Waals surface area contributed by atoms with E-state index in [1.165, 1.54) is 6.07 Å². The van der Waals surface area contributed by atoms with Gasteiger partial charge in [-0.3, -0.25) is 14.3 Å². The van der Waals surface area contributed by atoms with Gasteiger partial charge in [0.25, 0.3) is 5.56 Å². The van der Waals surface area contributed by atoms with E-state index in [4.69, 9.17) is 24.7 Å². The number of rotatable bonds is 7. The van der Waals surface area contributed by atoms with Gasteiger partial charge in [0, 0.05) is 48.8 Å². The summed E-state index contributed by atoms with van der Waals surface area (Å²) in [5.41, 5.74) is 7.79. The zero-order valence-corrected chi connectivity index (χ0v) is 19.1. The summed E-state index contributed by atoms with van der Waals surface area (Å²) in [5, 5.41) is 4.35. The van der Waals surface area contributed by atoms with Gasteiger partial charge in [0.1, 0.15) is 18.9 Å². The number of hydrogen-bond donors (Lipinski definition) is 2. The summed E-state index contributed by atoms with van der Waals surface area (Å²) in [7, 11) is 1.55. The van der Waals surface area contributed by atoms with Crippen LogP contribution in [-0.2, 0) is 17.8 Å². The molecule has 2 aliphatic heterocycles. The van der Waals surface area contributed by atoms with Crippen molar-refractivity contribution >= 4 is 11.0 Å². The molecule has 1 unspecified atom stereocenters. The lowest BCUT2D eigenvalue weighted by Gasteiger charge is -2.33. The summed E-state index contributed by atoms with van der Waals surface area (Å²) >= 11 is 0. The molecule has 5 rings (SSSR count). The van der Waals surface area contributed by atoms with Crippen molar-refractivity contribution in [2.45, 2.75) is 44.1 Å². The van der Waals surface area contributed by atoms with Gasteiger partial charge in [-0.15, -0.1) is 0 Å². The molecule has 34 heavy (non-hydrogen) atoms. The number of nitrogens with one attached hydrogen (secondary N) is 1. The molecule has 180 valence electrons. The molecule has 0 saturated carbocycles. The Balaban J connectivity index is 1.17. The van der Waals surface area contributed by atoms with Gasteiger partial charge in [-0.1, -0.05) is 0 Å². The van der Waals surface area contributed by atoms with Crippen LogP contribution in [0.5, 0.6) is 17.4 Å². The van der Waals surface area contributed by atoms with Gasteiger partial charge >= 0.3 is 0 Å². The first-order valence-electron chi connectivity index (χ1n) is 11.5. The minimum atomic E-state index is -0.336. The van der Waals surface area contributed by atoms with Gasteiger partial charge in [-0.05, 0) is 25.0 Å². The zero-order valence-electron chi connectivity index (χ0n) is 19.1. The first-order chi connectivity index (χ1) is 16.6. The molecule has 3 aromatic rings. The van der Waals surface area contributed by atoms with Crippen molar-refractivity contribution in [3.8, 4) is 17.4 Å². The minimum absolute atomic E-state index is 0.141. The number of ether oxygens (including phenoxy) is 4. The minimum Gasteiger partial charge on any atom is -0.486 e. The van der Waals surface area contributed by atoms with Crippen molar-refractivity contribution in [2.75, 3.05) is 26.9 Å². The molecule has 3 aromatic heterocycles. The van der Waals surface area contributed by atoms with Crippen LogP contribution in [0.4, 0.5) is 0 Å². The normalized spacial score (nSPS) is 20.8. The molecule has 1 saturated heterocycles. The van der Waals surface area contributed by atoms with Gasteiger partial charge in [0.2, 0.25) is 5.88 Å². The maximum atomic E-state index is 12.6. The van der Waals surface area contributed by atoms with E-state index in [-0.39, 0.29) is 23.7 Å². The first-order valence-corrected chi connectivity index (χ1v) is 11.5. The van der Waals surface area contributed by atoms with Gasteiger partial charge in [0.05, 0.1) is 31.7 Å². The number of methoxy groups -OCH3 is 1. The van der Waals surface area contributed by atoms with E-state index in [9.17, 15) is 4.79 Å². The van der Waals surface area contributed by atoms with Crippen LogP contribution in [0, 0.1) is 0 Å². The van der Waals surface area contributed by atoms with Gasteiger partial charge in [-0.25, -0.2) is 0 Å². The predicted octanol–water partition coefficient (Wildman–Crippen LogP) is 1.24. The molecular weight excluding hydrogens is 438 g/mol. The molecule has 1 fully saturated rings. The molecule has 0 amide bonds. The second-order valence-electron chi connectivity index (χ2n) is 8.56. The fraction of sp³-hybridized carbons (Fsp3) is 0.458. The summed E-state index contributed by atoms with van der Waals surface area (Å²) in [6, 6.07) is 8.73. The Morgan fingerprint density at radius 3 is 2.82 bits per heavy atom. The maximum absolute atomic E-state index is 12.6. The van der Waals surface area contributed by atoms with E-state index in [2.05, 4.69) is 15.3 Å². The Morgan fingerprint density at radius 1 is 1.21 bits per heavy atom. The third kappa shape index (κ3) is 4.84. The standard InChI is InChI=1S/C24H29N5O5/c1-31-22-6-2-15-3-7-23(30)29(24(15)28-22)13-18(25)19-5-4-16(14-34-19)26-11-17-10-20-21(12-27-17)33-9-8-32-20/h2-3,6-7,10,12,16,18-19,26H,4-5,8-9,11,13-14,25H2,1H3/t16-,18?,19+/m1/s1. The lowest BCUT2D eigenvalue weighted by atomic mass is 9.99. The lowest BCUT2D eigenvalue weighted by molar-refractivity contribution is -0.0195. The van der Waals surface area contributed by atoms with E-state index < -0.39 is 0 Å². The third-order valence-corrected chi connectivity index (χ3v) is 6.26. The highest BCUT2D eigenvalue weighted by Gasteiger charge is 2.27. The molecule has 3 N–H and O–H groups in total. The fourth-order valence-corrected chi connectivity index (χ4v) is 4.37. The second kappa shape index (κ2) is 9.96. The van der Waals surface area contributed by atoms with Crippen molar-refractivity contribution < 1.29 is 18.9 Å². The van der Waals surface area contributed by atoms with E-state index >= 15 is 0 Å². The van der Waals surface area contributed by atoms with Crippen molar-refractivity contribution in [1.29, 1.82) is 0 Å². The smallest absolute Gasteiger partial charge is 0.252 e. The van der Waals surface area contributed by atoms with Crippen molar-refractivity contribution in [2.24, 2.45) is 5.73 Å². The third-order valence-electron chi connectivity index (χ3n) is 6.26. The van der Waals surface area contributed by atoms with E-state index in [1.807, 2.05) is 12.1 Å². The molecular formula is C24H29N5O5. The summed E-state index contributed by atoms with van der Waals surface area (Å²) in [6.45, 7) is 2.57. The number of fused-ring (bicyclic) bond motifs is 2. The van der Waals surface area contributed by atoms with E-state index in [0.717, 1.165) is 29.7 Å². The molecule has 0 bridgehead atoms. The molecule has 2 aliphatic rings.